The van der Waals surface area contributed by atoms with Crippen molar-refractivity contribution < 1.29 is 5.11 Å². The minimum absolute atomic E-state index is 0.0761. The van der Waals surface area contributed by atoms with Crippen molar-refractivity contribution in [2.45, 2.75) is 31.7 Å². The van der Waals surface area contributed by atoms with Gasteiger partial charge in [-0.1, -0.05) is 133 Å². The van der Waals surface area contributed by atoms with Gasteiger partial charge in [0.15, 0.2) is 0 Å². The molecule has 0 aliphatic heterocycles. The van der Waals surface area contributed by atoms with E-state index in [9.17, 15) is 5.11 Å². The fourth-order valence-corrected chi connectivity index (χ4v) is 4.15. The highest BCUT2D eigenvalue weighted by atomic mass is 16.3. The van der Waals surface area contributed by atoms with Gasteiger partial charge in [0, 0.05) is 19.1 Å². The fourth-order valence-electron chi connectivity index (χ4n) is 4.15. The highest BCUT2D eigenvalue weighted by Crippen LogP contribution is 2.21. The van der Waals surface area contributed by atoms with Crippen molar-refractivity contribution in [1.29, 1.82) is 0 Å². The van der Waals surface area contributed by atoms with Gasteiger partial charge < -0.3 is 5.11 Å². The van der Waals surface area contributed by atoms with Crippen LogP contribution < -0.4 is 0 Å². The predicted molar refractivity (Wildman–Crippen MR) is 138 cm³/mol. The number of benzene rings is 4. The van der Waals surface area contributed by atoms with Crippen molar-refractivity contribution in [3.63, 3.8) is 0 Å². The zero-order valence-corrected chi connectivity index (χ0v) is 18.9. The Labute approximate surface area is 197 Å². The Hall–Kier alpha value is -3.46. The summed E-state index contributed by atoms with van der Waals surface area (Å²) in [6, 6.07) is 41.6. The molecule has 0 aliphatic carbocycles. The number of aliphatic hydroxyl groups is 1. The first-order valence-electron chi connectivity index (χ1n) is 11.5. The van der Waals surface area contributed by atoms with Crippen molar-refractivity contribution in [3.05, 3.63) is 150 Å². The second-order valence-electron chi connectivity index (χ2n) is 8.39. The Kier molecular flexibility index (Phi) is 8.24. The van der Waals surface area contributed by atoms with Crippen LogP contribution in [0.1, 0.15) is 22.3 Å². The lowest BCUT2D eigenvalue weighted by Gasteiger charge is -2.34. The Morgan fingerprint density at radius 1 is 0.576 bits per heavy atom. The summed E-state index contributed by atoms with van der Waals surface area (Å²) >= 11 is 0. The molecule has 166 valence electrons. The molecule has 2 nitrogen and oxygen atoms in total. The van der Waals surface area contributed by atoms with Crippen LogP contribution in [0.4, 0.5) is 0 Å². The van der Waals surface area contributed by atoms with Crippen LogP contribution in [0.3, 0.4) is 0 Å². The van der Waals surface area contributed by atoms with E-state index in [1.54, 1.807) is 0 Å². The van der Waals surface area contributed by atoms with E-state index in [4.69, 9.17) is 0 Å². The molecule has 33 heavy (non-hydrogen) atoms. The van der Waals surface area contributed by atoms with Crippen molar-refractivity contribution in [1.82, 2.24) is 4.90 Å². The lowest BCUT2D eigenvalue weighted by atomic mass is 9.97. The van der Waals surface area contributed by atoms with E-state index >= 15 is 0 Å². The predicted octanol–water partition coefficient (Wildman–Crippen LogP) is 6.37. The average molecular weight is 434 g/mol. The molecule has 4 aromatic rings. The zero-order valence-electron chi connectivity index (χ0n) is 18.9. The smallest absolute Gasteiger partial charge is 0.0882 e. The molecular weight excluding hydrogens is 402 g/mol. The van der Waals surface area contributed by atoms with Gasteiger partial charge in [0.1, 0.15) is 0 Å². The van der Waals surface area contributed by atoms with Crippen molar-refractivity contribution >= 4 is 6.08 Å². The molecule has 2 atom stereocenters. The SMILES string of the molecule is O[C@@H](/C=C/c1ccccc1)[C@H](Cc1ccccc1)N(Cc1ccccc1)Cc1ccccc1. The number of rotatable bonds is 10. The summed E-state index contributed by atoms with van der Waals surface area (Å²) in [5.74, 6) is 0. The Morgan fingerprint density at radius 3 is 1.48 bits per heavy atom. The highest BCUT2D eigenvalue weighted by molar-refractivity contribution is 5.49. The molecular formula is C31H31NO. The molecule has 4 aromatic carbocycles. The number of nitrogens with zero attached hydrogens (tertiary/aromatic N) is 1. The van der Waals surface area contributed by atoms with E-state index in [1.807, 2.05) is 48.6 Å². The topological polar surface area (TPSA) is 23.5 Å². The van der Waals surface area contributed by atoms with E-state index in [0.29, 0.717) is 0 Å². The molecule has 0 bridgehead atoms. The van der Waals surface area contributed by atoms with E-state index in [0.717, 1.165) is 25.1 Å². The number of aliphatic hydroxyl groups excluding tert-OH is 1. The van der Waals surface area contributed by atoms with Crippen LogP contribution in [-0.2, 0) is 19.5 Å². The maximum Gasteiger partial charge on any atom is 0.0882 e. The largest absolute Gasteiger partial charge is 0.387 e. The fraction of sp³-hybridized carbons (Fsp3) is 0.161. The lowest BCUT2D eigenvalue weighted by Crippen LogP contribution is -2.43. The molecule has 0 amide bonds. The molecule has 1 N–H and O–H groups in total. The number of hydrogen-bond acceptors (Lipinski definition) is 2. The van der Waals surface area contributed by atoms with Crippen LogP contribution >= 0.6 is 0 Å². The molecule has 0 aromatic heterocycles. The average Bonchev–Trinajstić information content (AvgIpc) is 2.88. The summed E-state index contributed by atoms with van der Waals surface area (Å²) in [4.78, 5) is 2.40. The molecule has 0 fully saturated rings. The van der Waals surface area contributed by atoms with Crippen LogP contribution in [0.5, 0.6) is 0 Å². The van der Waals surface area contributed by atoms with Crippen LogP contribution in [0.25, 0.3) is 6.08 Å². The standard InChI is InChI=1S/C31H31NO/c33-31(22-21-26-13-5-1-6-14-26)30(23-27-15-7-2-8-16-27)32(24-28-17-9-3-10-18-28)25-29-19-11-4-12-20-29/h1-22,30-31,33H,23-25H2/b22-21+/t30-,31-/m0/s1. The third-order valence-electron chi connectivity index (χ3n) is 5.89. The van der Waals surface area contributed by atoms with Gasteiger partial charge in [-0.25, -0.2) is 0 Å². The minimum atomic E-state index is -0.613. The summed E-state index contributed by atoms with van der Waals surface area (Å²) in [5, 5.41) is 11.4. The van der Waals surface area contributed by atoms with E-state index in [1.165, 1.54) is 16.7 Å². The van der Waals surface area contributed by atoms with Crippen molar-refractivity contribution in [2.24, 2.45) is 0 Å². The molecule has 0 heterocycles. The van der Waals surface area contributed by atoms with E-state index in [-0.39, 0.29) is 6.04 Å². The maximum absolute atomic E-state index is 11.4. The molecule has 0 saturated heterocycles. The maximum atomic E-state index is 11.4. The normalized spacial score (nSPS) is 13.3. The molecule has 4 rings (SSSR count). The zero-order chi connectivity index (χ0) is 22.7. The van der Waals surface area contributed by atoms with Crippen molar-refractivity contribution in [2.75, 3.05) is 0 Å². The second-order valence-corrected chi connectivity index (χ2v) is 8.39. The number of hydrogen-bond donors (Lipinski definition) is 1. The first-order chi connectivity index (χ1) is 16.3. The van der Waals surface area contributed by atoms with Gasteiger partial charge in [-0.15, -0.1) is 0 Å². The summed E-state index contributed by atoms with van der Waals surface area (Å²) < 4.78 is 0. The minimum Gasteiger partial charge on any atom is -0.387 e. The van der Waals surface area contributed by atoms with Gasteiger partial charge in [-0.05, 0) is 28.7 Å². The molecule has 2 heteroatoms. The molecule has 0 saturated carbocycles. The van der Waals surface area contributed by atoms with Crippen LogP contribution in [-0.4, -0.2) is 22.2 Å². The van der Waals surface area contributed by atoms with Gasteiger partial charge in [0.25, 0.3) is 0 Å². The molecule has 0 unspecified atom stereocenters. The van der Waals surface area contributed by atoms with Gasteiger partial charge in [-0.2, -0.15) is 0 Å². The van der Waals surface area contributed by atoms with Gasteiger partial charge in [0.2, 0.25) is 0 Å². The third-order valence-corrected chi connectivity index (χ3v) is 5.89. The van der Waals surface area contributed by atoms with E-state index in [2.05, 4.69) is 89.8 Å². The monoisotopic (exact) mass is 433 g/mol. The lowest BCUT2D eigenvalue weighted by molar-refractivity contribution is 0.0675. The molecule has 0 radical (unpaired) electrons. The van der Waals surface area contributed by atoms with Crippen LogP contribution in [0.15, 0.2) is 127 Å². The third kappa shape index (κ3) is 7.01. The second kappa shape index (κ2) is 12.0. The Balaban J connectivity index is 1.65. The molecule has 0 aliphatic rings. The first-order valence-corrected chi connectivity index (χ1v) is 11.5. The van der Waals surface area contributed by atoms with Gasteiger partial charge in [0.05, 0.1) is 6.10 Å². The van der Waals surface area contributed by atoms with E-state index < -0.39 is 6.10 Å². The van der Waals surface area contributed by atoms with Gasteiger partial charge in [-0.3, -0.25) is 4.90 Å². The van der Waals surface area contributed by atoms with Gasteiger partial charge >= 0.3 is 0 Å². The quantitative estimate of drug-likeness (QED) is 0.314. The van der Waals surface area contributed by atoms with Crippen LogP contribution in [0.2, 0.25) is 0 Å². The summed E-state index contributed by atoms with van der Waals surface area (Å²) in [7, 11) is 0. The summed E-state index contributed by atoms with van der Waals surface area (Å²) in [6.45, 7) is 1.53. The first kappa shape index (κ1) is 22.7. The summed E-state index contributed by atoms with van der Waals surface area (Å²) in [6.07, 6.45) is 4.11. The Bertz CT molecular complexity index is 1050. The van der Waals surface area contributed by atoms with Crippen LogP contribution in [0, 0.1) is 0 Å². The summed E-state index contributed by atoms with van der Waals surface area (Å²) in [5.41, 5.74) is 4.80. The van der Waals surface area contributed by atoms with Crippen molar-refractivity contribution in [3.8, 4) is 0 Å². The molecule has 0 spiro atoms. The Morgan fingerprint density at radius 2 is 1.00 bits per heavy atom. The highest BCUT2D eigenvalue weighted by Gasteiger charge is 2.25.